The lowest BCUT2D eigenvalue weighted by atomic mass is 9.63. The lowest BCUT2D eigenvalue weighted by Gasteiger charge is -2.43. The van der Waals surface area contributed by atoms with Gasteiger partial charge in [0.15, 0.2) is 11.6 Å². The summed E-state index contributed by atoms with van der Waals surface area (Å²) in [7, 11) is 0. The van der Waals surface area contributed by atoms with Gasteiger partial charge in [0.1, 0.15) is 6.61 Å². The maximum atomic E-state index is 14.9. The van der Waals surface area contributed by atoms with Crippen LogP contribution in [0.15, 0.2) is 24.8 Å². The first-order valence-corrected chi connectivity index (χ1v) is 15.8. The number of ether oxygens (including phenoxy) is 1. The summed E-state index contributed by atoms with van der Waals surface area (Å²) in [6.07, 6.45) is 26.0. The molecule has 0 heterocycles. The van der Waals surface area contributed by atoms with Gasteiger partial charge in [0.25, 0.3) is 0 Å². The van der Waals surface area contributed by atoms with Crippen molar-refractivity contribution in [2.75, 3.05) is 6.61 Å². The summed E-state index contributed by atoms with van der Waals surface area (Å²) in [5.41, 5.74) is 0.556. The monoisotopic (exact) mass is 514 g/mol. The number of halogens is 2. The van der Waals surface area contributed by atoms with E-state index in [2.05, 4.69) is 13.5 Å². The number of fused-ring (bicyclic) bond motifs is 1. The van der Waals surface area contributed by atoms with E-state index in [1.807, 2.05) is 0 Å². The van der Waals surface area contributed by atoms with Gasteiger partial charge in [-0.2, -0.15) is 4.39 Å². The first-order chi connectivity index (χ1) is 18.1. The Morgan fingerprint density at radius 2 is 1.41 bits per heavy atom. The van der Waals surface area contributed by atoms with Gasteiger partial charge in [0.05, 0.1) is 0 Å². The second kappa shape index (κ2) is 14.7. The van der Waals surface area contributed by atoms with Gasteiger partial charge in [-0.05, 0) is 79.2 Å². The van der Waals surface area contributed by atoms with Crippen LogP contribution in [-0.2, 0) is 0 Å². The van der Waals surface area contributed by atoms with E-state index in [4.69, 9.17) is 4.74 Å². The standard InChI is InChI=1S/C34H52F2O/c1-3-5-6-7-8-9-25-10-12-26(13-11-25)14-15-27-16-17-29-24-30(19-18-28(29)23-27)31-20-21-32(37-22-4-2)34(36)33(31)35/h4,20-21,25-30H,2-3,5-19,22-24H2,1H3. The summed E-state index contributed by atoms with van der Waals surface area (Å²) in [5.74, 6) is 2.94. The summed E-state index contributed by atoms with van der Waals surface area (Å²) in [4.78, 5) is 0. The van der Waals surface area contributed by atoms with E-state index in [0.29, 0.717) is 11.5 Å². The fraction of sp³-hybridized carbons (Fsp3) is 0.765. The van der Waals surface area contributed by atoms with Crippen LogP contribution in [0, 0.1) is 41.2 Å². The molecule has 1 nitrogen and oxygen atoms in total. The first-order valence-electron chi connectivity index (χ1n) is 15.8. The molecule has 3 fully saturated rings. The average molecular weight is 515 g/mol. The van der Waals surface area contributed by atoms with E-state index in [0.717, 1.165) is 36.5 Å². The second-order valence-electron chi connectivity index (χ2n) is 12.8. The van der Waals surface area contributed by atoms with Crippen molar-refractivity contribution >= 4 is 0 Å². The van der Waals surface area contributed by atoms with Gasteiger partial charge >= 0.3 is 0 Å². The Morgan fingerprint density at radius 3 is 2.16 bits per heavy atom. The van der Waals surface area contributed by atoms with Crippen LogP contribution >= 0.6 is 0 Å². The summed E-state index contributed by atoms with van der Waals surface area (Å²) >= 11 is 0. The highest BCUT2D eigenvalue weighted by Crippen LogP contribution is 2.49. The van der Waals surface area contributed by atoms with E-state index < -0.39 is 11.6 Å². The number of rotatable bonds is 13. The molecule has 0 aromatic heterocycles. The quantitative estimate of drug-likeness (QED) is 0.188. The minimum atomic E-state index is -0.841. The van der Waals surface area contributed by atoms with Crippen LogP contribution in [0.25, 0.3) is 0 Å². The molecule has 4 rings (SSSR count). The largest absolute Gasteiger partial charge is 0.486 e. The van der Waals surface area contributed by atoms with Crippen LogP contribution < -0.4 is 4.74 Å². The molecule has 0 bridgehead atoms. The zero-order valence-electron chi connectivity index (χ0n) is 23.5. The van der Waals surface area contributed by atoms with E-state index >= 15 is 0 Å². The third-order valence-electron chi connectivity index (χ3n) is 10.3. The molecule has 0 radical (unpaired) electrons. The molecule has 1 aromatic carbocycles. The van der Waals surface area contributed by atoms with Crippen LogP contribution in [0.4, 0.5) is 8.78 Å². The number of hydrogen-bond acceptors (Lipinski definition) is 1. The third-order valence-corrected chi connectivity index (χ3v) is 10.3. The Bertz CT molecular complexity index is 827. The van der Waals surface area contributed by atoms with Crippen LogP contribution in [0.2, 0.25) is 0 Å². The van der Waals surface area contributed by atoms with Gasteiger partial charge in [0, 0.05) is 0 Å². The van der Waals surface area contributed by atoms with Crippen molar-refractivity contribution in [3.8, 4) is 5.75 Å². The third kappa shape index (κ3) is 8.06. The van der Waals surface area contributed by atoms with Gasteiger partial charge in [0.2, 0.25) is 5.82 Å². The van der Waals surface area contributed by atoms with Crippen molar-refractivity contribution in [2.45, 2.75) is 128 Å². The van der Waals surface area contributed by atoms with Gasteiger partial charge in [-0.3, -0.25) is 0 Å². The fourth-order valence-corrected chi connectivity index (χ4v) is 7.97. The van der Waals surface area contributed by atoms with Gasteiger partial charge in [-0.1, -0.05) is 109 Å². The molecule has 0 spiro atoms. The van der Waals surface area contributed by atoms with Crippen molar-refractivity contribution < 1.29 is 13.5 Å². The Morgan fingerprint density at radius 1 is 0.757 bits per heavy atom. The molecule has 3 saturated carbocycles. The molecule has 3 heteroatoms. The van der Waals surface area contributed by atoms with Crippen LogP contribution in [0.5, 0.6) is 5.75 Å². The summed E-state index contributed by atoms with van der Waals surface area (Å²) < 4.78 is 34.7. The second-order valence-corrected chi connectivity index (χ2v) is 12.8. The molecular formula is C34H52F2O. The molecule has 0 N–H and O–H groups in total. The number of unbranched alkanes of at least 4 members (excludes halogenated alkanes) is 4. The summed E-state index contributed by atoms with van der Waals surface area (Å²) in [6.45, 7) is 6.06. The van der Waals surface area contributed by atoms with Crippen molar-refractivity contribution in [1.29, 1.82) is 0 Å². The Kier molecular flexibility index (Phi) is 11.4. The minimum Gasteiger partial charge on any atom is -0.486 e. The number of benzene rings is 1. The maximum Gasteiger partial charge on any atom is 0.200 e. The molecule has 208 valence electrons. The predicted octanol–water partition coefficient (Wildman–Crippen LogP) is 10.8. The molecule has 4 unspecified atom stereocenters. The average Bonchev–Trinajstić information content (AvgIpc) is 2.93. The molecular weight excluding hydrogens is 462 g/mol. The molecule has 37 heavy (non-hydrogen) atoms. The SMILES string of the molecule is C=CCOc1ccc(C2CCC3CC(CCC4CCC(CCCCCCC)CC4)CCC3C2)c(F)c1F. The molecule has 0 saturated heterocycles. The highest BCUT2D eigenvalue weighted by Gasteiger charge is 2.37. The van der Waals surface area contributed by atoms with Crippen LogP contribution in [-0.4, -0.2) is 6.61 Å². The smallest absolute Gasteiger partial charge is 0.200 e. The molecule has 3 aliphatic rings. The molecule has 4 atom stereocenters. The Balaban J connectivity index is 1.16. The molecule has 3 aliphatic carbocycles. The van der Waals surface area contributed by atoms with Crippen LogP contribution in [0.3, 0.4) is 0 Å². The molecule has 0 aliphatic heterocycles. The normalized spacial score (nSPS) is 30.0. The van der Waals surface area contributed by atoms with Crippen molar-refractivity contribution in [1.82, 2.24) is 0 Å². The Hall–Kier alpha value is -1.38. The van der Waals surface area contributed by atoms with Crippen molar-refractivity contribution in [3.63, 3.8) is 0 Å². The van der Waals surface area contributed by atoms with Gasteiger partial charge < -0.3 is 4.74 Å². The van der Waals surface area contributed by atoms with E-state index in [-0.39, 0.29) is 18.3 Å². The highest BCUT2D eigenvalue weighted by atomic mass is 19.2. The molecule has 0 amide bonds. The van der Waals surface area contributed by atoms with Crippen molar-refractivity contribution in [3.05, 3.63) is 42.0 Å². The minimum absolute atomic E-state index is 0.00811. The number of hydrogen-bond donors (Lipinski definition) is 0. The maximum absolute atomic E-state index is 14.9. The summed E-state index contributed by atoms with van der Waals surface area (Å²) in [5, 5.41) is 0. The van der Waals surface area contributed by atoms with Gasteiger partial charge in [-0.15, -0.1) is 0 Å². The lowest BCUT2D eigenvalue weighted by molar-refractivity contribution is 0.107. The van der Waals surface area contributed by atoms with Crippen molar-refractivity contribution in [2.24, 2.45) is 29.6 Å². The topological polar surface area (TPSA) is 9.23 Å². The predicted molar refractivity (Wildman–Crippen MR) is 151 cm³/mol. The zero-order chi connectivity index (χ0) is 26.0. The molecule has 1 aromatic rings. The lowest BCUT2D eigenvalue weighted by Crippen LogP contribution is -2.31. The van der Waals surface area contributed by atoms with Gasteiger partial charge in [-0.25, -0.2) is 4.39 Å². The first kappa shape index (κ1) is 28.6. The van der Waals surface area contributed by atoms with E-state index in [9.17, 15) is 8.78 Å². The zero-order valence-corrected chi connectivity index (χ0v) is 23.5. The summed E-state index contributed by atoms with van der Waals surface area (Å²) in [6, 6.07) is 3.36. The fourth-order valence-electron chi connectivity index (χ4n) is 7.97. The van der Waals surface area contributed by atoms with Crippen LogP contribution in [0.1, 0.15) is 134 Å². The Labute approximate surface area is 225 Å². The highest BCUT2D eigenvalue weighted by molar-refractivity contribution is 5.33. The van der Waals surface area contributed by atoms with E-state index in [1.54, 1.807) is 18.2 Å². The van der Waals surface area contributed by atoms with E-state index in [1.165, 1.54) is 103 Å².